The fourth-order valence-electron chi connectivity index (χ4n) is 2.01. The number of nitrogen functional groups attached to an aromatic ring is 1. The fourth-order valence-corrected chi connectivity index (χ4v) is 2.01. The first-order valence-corrected chi connectivity index (χ1v) is 6.23. The van der Waals surface area contributed by atoms with E-state index in [4.69, 9.17) is 15.2 Å². The van der Waals surface area contributed by atoms with Crippen LogP contribution in [0.15, 0.2) is 54.7 Å². The molecule has 0 amide bonds. The first-order chi connectivity index (χ1) is 9.78. The number of rotatable bonds is 3. The van der Waals surface area contributed by atoms with Crippen LogP contribution < -0.4 is 15.2 Å². The summed E-state index contributed by atoms with van der Waals surface area (Å²) in [5.41, 5.74) is 7.58. The molecule has 0 atom stereocenters. The molecule has 4 nitrogen and oxygen atoms in total. The lowest BCUT2D eigenvalue weighted by atomic mass is 10.1. The molecule has 2 N–H and O–H groups in total. The molecule has 1 aromatic heterocycles. The van der Waals surface area contributed by atoms with E-state index in [0.717, 1.165) is 16.7 Å². The van der Waals surface area contributed by atoms with Gasteiger partial charge in [0.05, 0.1) is 18.3 Å². The van der Waals surface area contributed by atoms with Gasteiger partial charge in [-0.25, -0.2) is 0 Å². The summed E-state index contributed by atoms with van der Waals surface area (Å²) in [7, 11) is 1.63. The highest BCUT2D eigenvalue weighted by Gasteiger charge is 2.07. The van der Waals surface area contributed by atoms with Gasteiger partial charge >= 0.3 is 0 Å². The molecular weight excluding hydrogens is 252 g/mol. The van der Waals surface area contributed by atoms with E-state index < -0.39 is 0 Å². The number of nitrogens with two attached hydrogens (primary N) is 1. The zero-order valence-electron chi connectivity index (χ0n) is 11.0. The van der Waals surface area contributed by atoms with E-state index in [1.807, 2.05) is 48.5 Å². The van der Waals surface area contributed by atoms with Gasteiger partial charge < -0.3 is 15.2 Å². The van der Waals surface area contributed by atoms with Crippen LogP contribution in [-0.4, -0.2) is 12.1 Å². The lowest BCUT2D eigenvalue weighted by Crippen LogP contribution is -1.94. The predicted octanol–water partition coefficient (Wildman–Crippen LogP) is 3.62. The summed E-state index contributed by atoms with van der Waals surface area (Å²) in [6, 6.07) is 14.9. The third kappa shape index (κ3) is 2.23. The number of fused-ring (bicyclic) bond motifs is 1. The zero-order valence-corrected chi connectivity index (χ0v) is 11.0. The van der Waals surface area contributed by atoms with E-state index in [0.29, 0.717) is 17.2 Å². The maximum absolute atomic E-state index is 6.13. The van der Waals surface area contributed by atoms with Gasteiger partial charge in [0, 0.05) is 11.6 Å². The van der Waals surface area contributed by atoms with Crippen LogP contribution in [0.1, 0.15) is 0 Å². The Labute approximate surface area is 116 Å². The minimum Gasteiger partial charge on any atom is -0.497 e. The number of hydrogen-bond acceptors (Lipinski definition) is 4. The number of aromatic nitrogens is 1. The average molecular weight is 266 g/mol. The molecule has 0 aliphatic rings. The molecule has 3 rings (SSSR count). The van der Waals surface area contributed by atoms with Crippen molar-refractivity contribution in [2.45, 2.75) is 0 Å². The first-order valence-electron chi connectivity index (χ1n) is 6.23. The van der Waals surface area contributed by atoms with Crippen LogP contribution in [0.2, 0.25) is 0 Å². The fraction of sp³-hybridized carbons (Fsp3) is 0.0625. The van der Waals surface area contributed by atoms with Gasteiger partial charge in [-0.1, -0.05) is 0 Å². The average Bonchev–Trinajstić information content (AvgIpc) is 2.51. The summed E-state index contributed by atoms with van der Waals surface area (Å²) in [5.74, 6) is 2.12. The topological polar surface area (TPSA) is 57.4 Å². The number of ether oxygens (including phenoxy) is 2. The minimum atomic E-state index is 0.589. The van der Waals surface area contributed by atoms with Crippen molar-refractivity contribution < 1.29 is 9.47 Å². The van der Waals surface area contributed by atoms with Gasteiger partial charge in [-0.05, 0) is 48.5 Å². The molecule has 0 bridgehead atoms. The minimum absolute atomic E-state index is 0.589. The zero-order chi connectivity index (χ0) is 13.9. The van der Waals surface area contributed by atoms with Gasteiger partial charge in [-0.15, -0.1) is 0 Å². The molecule has 0 aliphatic carbocycles. The van der Waals surface area contributed by atoms with Crippen molar-refractivity contribution >= 4 is 16.6 Å². The highest BCUT2D eigenvalue weighted by atomic mass is 16.5. The quantitative estimate of drug-likeness (QED) is 0.736. The van der Waals surface area contributed by atoms with Crippen LogP contribution in [0.3, 0.4) is 0 Å². The maximum atomic E-state index is 6.13. The molecule has 3 aromatic rings. The van der Waals surface area contributed by atoms with Crippen LogP contribution in [0.5, 0.6) is 17.2 Å². The summed E-state index contributed by atoms with van der Waals surface area (Å²) in [4.78, 5) is 4.26. The summed E-state index contributed by atoms with van der Waals surface area (Å²) in [6.45, 7) is 0. The molecule has 2 aromatic carbocycles. The Morgan fingerprint density at radius 2 is 1.70 bits per heavy atom. The molecule has 0 spiro atoms. The number of pyridine rings is 1. The Bertz CT molecular complexity index is 739. The van der Waals surface area contributed by atoms with Crippen molar-refractivity contribution in [2.75, 3.05) is 12.8 Å². The molecule has 1 heterocycles. The van der Waals surface area contributed by atoms with E-state index >= 15 is 0 Å². The smallest absolute Gasteiger partial charge is 0.151 e. The highest BCUT2D eigenvalue weighted by molar-refractivity contribution is 5.93. The van der Waals surface area contributed by atoms with Crippen molar-refractivity contribution in [1.82, 2.24) is 4.98 Å². The molecule has 4 heteroatoms. The summed E-state index contributed by atoms with van der Waals surface area (Å²) in [6.07, 6.45) is 1.74. The van der Waals surface area contributed by atoms with E-state index in [2.05, 4.69) is 4.98 Å². The van der Waals surface area contributed by atoms with Crippen LogP contribution in [-0.2, 0) is 0 Å². The third-order valence-corrected chi connectivity index (χ3v) is 3.07. The lowest BCUT2D eigenvalue weighted by molar-refractivity contribution is 0.413. The van der Waals surface area contributed by atoms with Gasteiger partial charge in [-0.2, -0.15) is 0 Å². The molecule has 0 saturated carbocycles. The summed E-state index contributed by atoms with van der Waals surface area (Å²) < 4.78 is 10.9. The van der Waals surface area contributed by atoms with Crippen molar-refractivity contribution in [2.24, 2.45) is 0 Å². The molecule has 0 saturated heterocycles. The second-order valence-corrected chi connectivity index (χ2v) is 4.33. The highest BCUT2D eigenvalue weighted by Crippen LogP contribution is 2.33. The first kappa shape index (κ1) is 12.3. The predicted molar refractivity (Wildman–Crippen MR) is 79.2 cm³/mol. The molecule has 0 radical (unpaired) electrons. The van der Waals surface area contributed by atoms with Gasteiger partial charge in [0.15, 0.2) is 5.75 Å². The lowest BCUT2D eigenvalue weighted by Gasteiger charge is -2.10. The number of hydrogen-bond donors (Lipinski definition) is 1. The summed E-state index contributed by atoms with van der Waals surface area (Å²) in [5, 5.41) is 0.888. The SMILES string of the molecule is COc1ccc(Oc2ccc3ncccc3c2N)cc1. The number of benzene rings is 2. The van der Waals surface area contributed by atoms with Crippen molar-refractivity contribution in [3.05, 3.63) is 54.7 Å². The molecule has 0 aliphatic heterocycles. The van der Waals surface area contributed by atoms with Crippen molar-refractivity contribution in [1.29, 1.82) is 0 Å². The second-order valence-electron chi connectivity index (χ2n) is 4.33. The third-order valence-electron chi connectivity index (χ3n) is 3.07. The van der Waals surface area contributed by atoms with Gasteiger partial charge in [0.2, 0.25) is 0 Å². The molecule has 100 valence electrons. The standard InChI is InChI=1S/C16H14N2O2/c1-19-11-4-6-12(7-5-11)20-15-9-8-14-13(16(15)17)3-2-10-18-14/h2-10H,17H2,1H3. The van der Waals surface area contributed by atoms with E-state index in [1.54, 1.807) is 13.3 Å². The Hall–Kier alpha value is -2.75. The second kappa shape index (κ2) is 5.09. The molecule has 20 heavy (non-hydrogen) atoms. The molecule has 0 fully saturated rings. The maximum Gasteiger partial charge on any atom is 0.151 e. The van der Waals surface area contributed by atoms with E-state index in [1.165, 1.54) is 0 Å². The van der Waals surface area contributed by atoms with Gasteiger partial charge in [0.25, 0.3) is 0 Å². The Kier molecular flexibility index (Phi) is 3.13. The molecule has 0 unspecified atom stereocenters. The number of anilines is 1. The van der Waals surface area contributed by atoms with Gasteiger partial charge in [0.1, 0.15) is 11.5 Å². The Morgan fingerprint density at radius 3 is 2.45 bits per heavy atom. The largest absolute Gasteiger partial charge is 0.497 e. The van der Waals surface area contributed by atoms with Crippen LogP contribution in [0.4, 0.5) is 5.69 Å². The Morgan fingerprint density at radius 1 is 0.950 bits per heavy atom. The van der Waals surface area contributed by atoms with E-state index in [-0.39, 0.29) is 0 Å². The van der Waals surface area contributed by atoms with Crippen molar-refractivity contribution in [3.63, 3.8) is 0 Å². The normalized spacial score (nSPS) is 10.4. The van der Waals surface area contributed by atoms with Gasteiger partial charge in [-0.3, -0.25) is 4.98 Å². The van der Waals surface area contributed by atoms with Crippen LogP contribution in [0.25, 0.3) is 10.9 Å². The monoisotopic (exact) mass is 266 g/mol. The van der Waals surface area contributed by atoms with Crippen molar-refractivity contribution in [3.8, 4) is 17.2 Å². The summed E-state index contributed by atoms with van der Waals surface area (Å²) >= 11 is 0. The van der Waals surface area contributed by atoms with Crippen LogP contribution in [0, 0.1) is 0 Å². The Balaban J connectivity index is 1.95. The number of nitrogens with zero attached hydrogens (tertiary/aromatic N) is 1. The van der Waals surface area contributed by atoms with E-state index in [9.17, 15) is 0 Å². The molecular formula is C16H14N2O2. The number of methoxy groups -OCH3 is 1. The van der Waals surface area contributed by atoms with Crippen LogP contribution >= 0.6 is 0 Å².